The molecule has 0 saturated carbocycles. The average Bonchev–Trinajstić information content (AvgIpc) is 2.73. The maximum atomic E-state index is 12.9. The van der Waals surface area contributed by atoms with Crippen LogP contribution in [0.5, 0.6) is 0 Å². The van der Waals surface area contributed by atoms with E-state index < -0.39 is 27.9 Å². The van der Waals surface area contributed by atoms with Gasteiger partial charge in [-0.3, -0.25) is 20.1 Å². The first-order chi connectivity index (χ1) is 14.6. The van der Waals surface area contributed by atoms with Gasteiger partial charge in [0.25, 0.3) is 5.70 Å². The number of rotatable bonds is 4. The van der Waals surface area contributed by atoms with Crippen LogP contribution in [0, 0.1) is 21.4 Å². The molecule has 0 spiro atoms. The predicted molar refractivity (Wildman–Crippen MR) is 110 cm³/mol. The molecule has 1 aliphatic heterocycles. The highest BCUT2D eigenvalue weighted by Crippen LogP contribution is 2.33. The highest BCUT2D eigenvalue weighted by Gasteiger charge is 2.33. The molecule has 31 heavy (non-hydrogen) atoms. The molecule has 0 radical (unpaired) electrons. The van der Waals surface area contributed by atoms with Gasteiger partial charge >= 0.3 is 6.18 Å². The molecule has 2 aromatic rings. The van der Waals surface area contributed by atoms with Crippen LogP contribution < -0.4 is 5.01 Å². The molecular weight excluding hydrogens is 433 g/mol. The molecule has 10 heteroatoms. The van der Waals surface area contributed by atoms with E-state index in [1.54, 1.807) is 59.8 Å². The van der Waals surface area contributed by atoms with E-state index in [4.69, 9.17) is 11.6 Å². The number of anilines is 1. The Hall–Kier alpha value is -3.77. The molecular formula is C21H14ClF3N4O2. The van der Waals surface area contributed by atoms with Crippen LogP contribution in [0.4, 0.5) is 18.9 Å². The zero-order valence-electron chi connectivity index (χ0n) is 16.0. The molecule has 0 aliphatic carbocycles. The summed E-state index contributed by atoms with van der Waals surface area (Å²) in [6.07, 6.45) is 1.35. The van der Waals surface area contributed by atoms with E-state index in [0.29, 0.717) is 11.1 Å². The van der Waals surface area contributed by atoms with Crippen LogP contribution in [0.1, 0.15) is 16.7 Å². The van der Waals surface area contributed by atoms with E-state index in [2.05, 4.69) is 0 Å². The lowest BCUT2D eigenvalue weighted by molar-refractivity contribution is -0.376. The Balaban J connectivity index is 1.98. The smallest absolute Gasteiger partial charge is 0.285 e. The third-order valence-electron chi connectivity index (χ3n) is 4.54. The SMILES string of the molecule is CN(c1ccc(Cl)cc1)N1C=CC(=C(c2ccc(C(F)(F)F)cc2C#N)[N+](=O)[O-])C=C1. The molecule has 3 rings (SSSR count). The topological polar surface area (TPSA) is 73.4 Å². The van der Waals surface area contributed by atoms with Gasteiger partial charge in [0.15, 0.2) is 0 Å². The van der Waals surface area contributed by atoms with E-state index in [9.17, 15) is 28.5 Å². The van der Waals surface area contributed by atoms with Gasteiger partial charge in [0, 0.05) is 24.5 Å². The van der Waals surface area contributed by atoms with E-state index in [1.165, 1.54) is 12.2 Å². The summed E-state index contributed by atoms with van der Waals surface area (Å²) >= 11 is 5.89. The van der Waals surface area contributed by atoms with Crippen molar-refractivity contribution in [1.82, 2.24) is 5.01 Å². The van der Waals surface area contributed by atoms with Gasteiger partial charge in [0.1, 0.15) is 6.07 Å². The Labute approximate surface area is 180 Å². The van der Waals surface area contributed by atoms with Crippen LogP contribution in [0.3, 0.4) is 0 Å². The second-order valence-electron chi connectivity index (χ2n) is 6.44. The third kappa shape index (κ3) is 4.70. The molecule has 6 nitrogen and oxygen atoms in total. The normalized spacial score (nSPS) is 13.2. The quantitative estimate of drug-likeness (QED) is 0.450. The van der Waals surface area contributed by atoms with E-state index in [-0.39, 0.29) is 11.1 Å². The van der Waals surface area contributed by atoms with Crippen LogP contribution in [-0.2, 0) is 6.18 Å². The first-order valence-electron chi connectivity index (χ1n) is 8.76. The first-order valence-corrected chi connectivity index (χ1v) is 9.14. The standard InChI is InChI=1S/C21H14ClF3N4O2/c1-27(18-5-3-17(22)4-6-18)28-10-8-14(9-11-28)20(29(30)31)19-7-2-16(21(23,24)25)12-15(19)13-26/h2-12H,1H3. The summed E-state index contributed by atoms with van der Waals surface area (Å²) in [6, 6.07) is 10.9. The number of nitro groups is 1. The van der Waals surface area contributed by atoms with Crippen LogP contribution in [-0.4, -0.2) is 17.0 Å². The van der Waals surface area contributed by atoms with Crippen LogP contribution >= 0.6 is 11.6 Å². The molecule has 0 N–H and O–H groups in total. The van der Waals surface area contributed by atoms with Crippen molar-refractivity contribution in [3.63, 3.8) is 0 Å². The van der Waals surface area contributed by atoms with E-state index in [1.807, 2.05) is 0 Å². The van der Waals surface area contributed by atoms with Gasteiger partial charge in [-0.2, -0.15) is 18.4 Å². The van der Waals surface area contributed by atoms with Crippen molar-refractivity contribution in [2.24, 2.45) is 0 Å². The minimum Gasteiger partial charge on any atom is -0.285 e. The summed E-state index contributed by atoms with van der Waals surface area (Å²) in [4.78, 5) is 11.0. The van der Waals surface area contributed by atoms with Crippen LogP contribution in [0.15, 0.2) is 72.6 Å². The summed E-state index contributed by atoms with van der Waals surface area (Å²) in [5, 5.41) is 25.0. The monoisotopic (exact) mass is 446 g/mol. The van der Waals surface area contributed by atoms with Gasteiger partial charge in [-0.25, -0.2) is 0 Å². The van der Waals surface area contributed by atoms with Gasteiger partial charge in [-0.05, 0) is 54.6 Å². The Morgan fingerprint density at radius 2 is 1.77 bits per heavy atom. The predicted octanol–water partition coefficient (Wildman–Crippen LogP) is 5.61. The molecule has 0 atom stereocenters. The lowest BCUT2D eigenvalue weighted by Gasteiger charge is -2.31. The van der Waals surface area contributed by atoms with Gasteiger partial charge in [-0.1, -0.05) is 11.6 Å². The Morgan fingerprint density at radius 1 is 1.16 bits per heavy atom. The minimum absolute atomic E-state index is 0.141. The largest absolute Gasteiger partial charge is 0.416 e. The zero-order valence-corrected chi connectivity index (χ0v) is 16.7. The maximum Gasteiger partial charge on any atom is 0.416 e. The molecule has 0 aromatic heterocycles. The summed E-state index contributed by atoms with van der Waals surface area (Å²) < 4.78 is 38.8. The van der Waals surface area contributed by atoms with Crippen LogP contribution in [0.2, 0.25) is 5.02 Å². The first kappa shape index (κ1) is 21.9. The Bertz CT molecular complexity index is 1130. The fraction of sp³-hybridized carbons (Fsp3) is 0.0952. The number of nitriles is 1. The molecule has 0 unspecified atom stereocenters. The molecule has 0 saturated heterocycles. The van der Waals surface area contributed by atoms with Crippen LogP contribution in [0.25, 0.3) is 5.70 Å². The highest BCUT2D eigenvalue weighted by atomic mass is 35.5. The summed E-state index contributed by atoms with van der Waals surface area (Å²) in [5.41, 5.74) is -1.20. The second-order valence-corrected chi connectivity index (χ2v) is 6.88. The average molecular weight is 447 g/mol. The van der Waals surface area contributed by atoms with Gasteiger partial charge in [0.2, 0.25) is 0 Å². The third-order valence-corrected chi connectivity index (χ3v) is 4.79. The van der Waals surface area contributed by atoms with Crippen molar-refractivity contribution < 1.29 is 18.1 Å². The van der Waals surface area contributed by atoms with Crippen molar-refractivity contribution in [2.45, 2.75) is 6.18 Å². The number of halogens is 4. The van der Waals surface area contributed by atoms with Gasteiger partial charge < -0.3 is 0 Å². The molecule has 1 aliphatic rings. The summed E-state index contributed by atoms with van der Waals surface area (Å²) in [6.45, 7) is 0. The van der Waals surface area contributed by atoms with Gasteiger partial charge in [-0.15, -0.1) is 0 Å². The summed E-state index contributed by atoms with van der Waals surface area (Å²) in [5.74, 6) is 0. The Morgan fingerprint density at radius 3 is 2.29 bits per heavy atom. The number of allylic oxidation sites excluding steroid dienone is 3. The number of benzene rings is 2. The lowest BCUT2D eigenvalue weighted by Crippen LogP contribution is -2.32. The molecule has 1 heterocycles. The van der Waals surface area contributed by atoms with Crippen molar-refractivity contribution in [2.75, 3.05) is 12.1 Å². The molecule has 158 valence electrons. The van der Waals surface area contributed by atoms with E-state index in [0.717, 1.165) is 17.8 Å². The van der Waals surface area contributed by atoms with Crippen molar-refractivity contribution >= 4 is 23.0 Å². The number of alkyl halides is 3. The van der Waals surface area contributed by atoms with E-state index >= 15 is 0 Å². The van der Waals surface area contributed by atoms with Gasteiger partial charge in [0.05, 0.1) is 32.9 Å². The zero-order chi connectivity index (χ0) is 22.8. The maximum absolute atomic E-state index is 12.9. The summed E-state index contributed by atoms with van der Waals surface area (Å²) in [7, 11) is 1.77. The minimum atomic E-state index is -4.66. The molecule has 0 fully saturated rings. The molecule has 2 aromatic carbocycles. The lowest BCUT2D eigenvalue weighted by atomic mass is 9.98. The Kier molecular flexibility index (Phi) is 6.04. The van der Waals surface area contributed by atoms with Crippen molar-refractivity contribution in [1.29, 1.82) is 5.26 Å². The fourth-order valence-corrected chi connectivity index (χ4v) is 3.07. The second kappa shape index (κ2) is 8.53. The molecule has 0 amide bonds. The number of nitrogens with zero attached hydrogens (tertiary/aromatic N) is 4. The van der Waals surface area contributed by atoms with Crippen molar-refractivity contribution in [3.8, 4) is 6.07 Å². The number of hydrazine groups is 1. The fourth-order valence-electron chi connectivity index (χ4n) is 2.95. The highest BCUT2D eigenvalue weighted by molar-refractivity contribution is 6.30. The molecule has 0 bridgehead atoms. The van der Waals surface area contributed by atoms with Crippen molar-refractivity contribution in [3.05, 3.63) is 104 Å². The number of hydrogen-bond donors (Lipinski definition) is 0. The number of hydrogen-bond acceptors (Lipinski definition) is 5.